The smallest absolute Gasteiger partial charge is 0.250 e. The highest BCUT2D eigenvalue weighted by Gasteiger charge is 2.11. The Morgan fingerprint density at radius 2 is 1.93 bits per heavy atom. The van der Waals surface area contributed by atoms with E-state index in [-0.39, 0.29) is 11.7 Å². The molecule has 146 valence electrons. The molecule has 1 N–H and O–H groups in total. The fourth-order valence-electron chi connectivity index (χ4n) is 2.69. The first-order chi connectivity index (χ1) is 13.5. The Kier molecular flexibility index (Phi) is 6.20. The van der Waals surface area contributed by atoms with E-state index in [1.807, 2.05) is 54.9 Å². The van der Waals surface area contributed by atoms with Gasteiger partial charge in [0.2, 0.25) is 0 Å². The first kappa shape index (κ1) is 19.8. The molecule has 3 aromatic rings. The van der Waals surface area contributed by atoms with Gasteiger partial charge in [0.15, 0.2) is 16.7 Å². The fourth-order valence-corrected chi connectivity index (χ4v) is 3.47. The van der Waals surface area contributed by atoms with Crippen LogP contribution in [0.4, 0.5) is 0 Å². The van der Waals surface area contributed by atoms with E-state index < -0.39 is 0 Å². The van der Waals surface area contributed by atoms with E-state index in [9.17, 15) is 4.79 Å². The second kappa shape index (κ2) is 8.79. The molecule has 0 radical (unpaired) electrons. The molecule has 1 amide bonds. The van der Waals surface area contributed by atoms with Crippen LogP contribution in [0.25, 0.3) is 11.0 Å². The number of aromatic nitrogens is 2. The van der Waals surface area contributed by atoms with Gasteiger partial charge in [0.25, 0.3) is 5.91 Å². The van der Waals surface area contributed by atoms with Crippen LogP contribution in [-0.2, 0) is 11.8 Å². The minimum absolute atomic E-state index is 0.197. The lowest BCUT2D eigenvalue weighted by Crippen LogP contribution is -2.21. The maximum atomic E-state index is 12.2. The number of carbonyl (C=O) groups is 1. The van der Waals surface area contributed by atoms with E-state index in [1.165, 1.54) is 11.8 Å². The van der Waals surface area contributed by atoms with E-state index in [4.69, 9.17) is 9.47 Å². The molecule has 7 nitrogen and oxygen atoms in total. The van der Waals surface area contributed by atoms with Gasteiger partial charge in [0, 0.05) is 12.6 Å². The van der Waals surface area contributed by atoms with E-state index >= 15 is 0 Å². The molecule has 0 saturated heterocycles. The summed E-state index contributed by atoms with van der Waals surface area (Å²) in [6, 6.07) is 13.4. The van der Waals surface area contributed by atoms with Gasteiger partial charge in [-0.15, -0.1) is 0 Å². The van der Waals surface area contributed by atoms with Crippen molar-refractivity contribution in [3.8, 4) is 11.5 Å². The third kappa shape index (κ3) is 4.28. The summed E-state index contributed by atoms with van der Waals surface area (Å²) < 4.78 is 12.5. The molecule has 0 fully saturated rings. The number of aryl methyl sites for hydroxylation is 1. The van der Waals surface area contributed by atoms with Crippen LogP contribution < -0.4 is 14.9 Å². The van der Waals surface area contributed by atoms with Crippen LogP contribution in [0, 0.1) is 0 Å². The number of benzene rings is 2. The molecule has 0 aliphatic rings. The molecule has 1 heterocycles. The van der Waals surface area contributed by atoms with Crippen molar-refractivity contribution in [2.24, 2.45) is 12.1 Å². The van der Waals surface area contributed by atoms with Crippen LogP contribution in [0.15, 0.2) is 52.7 Å². The first-order valence-electron chi connectivity index (χ1n) is 8.63. The van der Waals surface area contributed by atoms with Gasteiger partial charge < -0.3 is 14.0 Å². The van der Waals surface area contributed by atoms with Crippen LogP contribution in [-0.4, -0.2) is 41.1 Å². The van der Waals surface area contributed by atoms with Crippen molar-refractivity contribution >= 4 is 34.4 Å². The number of carbonyl (C=O) groups excluding carboxylic acids is 1. The van der Waals surface area contributed by atoms with Gasteiger partial charge in [-0.05, 0) is 37.3 Å². The van der Waals surface area contributed by atoms with Gasteiger partial charge in [-0.1, -0.05) is 23.9 Å². The zero-order chi connectivity index (χ0) is 20.1. The Balaban J connectivity index is 1.62. The Bertz CT molecular complexity index is 1030. The van der Waals surface area contributed by atoms with Crippen molar-refractivity contribution < 1.29 is 14.3 Å². The average molecular weight is 398 g/mol. The number of rotatable bonds is 7. The van der Waals surface area contributed by atoms with Crippen molar-refractivity contribution in [2.45, 2.75) is 12.1 Å². The topological polar surface area (TPSA) is 77.7 Å². The fraction of sp³-hybridized carbons (Fsp3) is 0.250. The van der Waals surface area contributed by atoms with Crippen molar-refractivity contribution in [2.75, 3.05) is 20.0 Å². The number of hydrogen-bond donors (Lipinski definition) is 1. The second-order valence-electron chi connectivity index (χ2n) is 6.03. The summed E-state index contributed by atoms with van der Waals surface area (Å²) in [7, 11) is 5.10. The number of nitrogens with one attached hydrogen (secondary N) is 1. The predicted octanol–water partition coefficient (Wildman–Crippen LogP) is 3.22. The first-order valence-corrected chi connectivity index (χ1v) is 9.62. The summed E-state index contributed by atoms with van der Waals surface area (Å²) in [5.74, 6) is 1.27. The Hall–Kier alpha value is -3.00. The Labute approximate surface area is 167 Å². The lowest BCUT2D eigenvalue weighted by molar-refractivity contribution is -0.118. The summed E-state index contributed by atoms with van der Waals surface area (Å²) in [5, 5.41) is 4.97. The normalized spacial score (nSPS) is 11.5. The zero-order valence-corrected chi connectivity index (χ0v) is 17.0. The predicted molar refractivity (Wildman–Crippen MR) is 111 cm³/mol. The summed E-state index contributed by atoms with van der Waals surface area (Å²) in [4.78, 5) is 16.7. The molecular formula is C20H22N4O3S. The SMILES string of the molecule is COc1ccc(/C(C)=N/NC(=O)CSc2nc3ccccc3n2C)cc1OC. The van der Waals surface area contributed by atoms with Crippen molar-refractivity contribution in [1.82, 2.24) is 15.0 Å². The molecule has 0 saturated carbocycles. The van der Waals surface area contributed by atoms with Gasteiger partial charge in [-0.2, -0.15) is 5.10 Å². The molecule has 3 rings (SSSR count). The highest BCUT2D eigenvalue weighted by molar-refractivity contribution is 7.99. The van der Waals surface area contributed by atoms with Gasteiger partial charge >= 0.3 is 0 Å². The molecule has 8 heteroatoms. The Morgan fingerprint density at radius 1 is 1.18 bits per heavy atom. The maximum absolute atomic E-state index is 12.2. The number of imidazole rings is 1. The standard InChI is InChI=1S/C20H22N4O3S/c1-13(14-9-10-17(26-3)18(11-14)27-4)22-23-19(25)12-28-20-21-15-7-5-6-8-16(15)24(20)2/h5-11H,12H2,1-4H3,(H,23,25)/b22-13+. The van der Waals surface area contributed by atoms with Crippen LogP contribution in [0.3, 0.4) is 0 Å². The number of nitrogens with zero attached hydrogens (tertiary/aromatic N) is 3. The molecule has 0 atom stereocenters. The second-order valence-corrected chi connectivity index (χ2v) is 6.98. The number of ether oxygens (including phenoxy) is 2. The third-order valence-electron chi connectivity index (χ3n) is 4.23. The van der Waals surface area contributed by atoms with Crippen molar-refractivity contribution in [1.29, 1.82) is 0 Å². The van der Waals surface area contributed by atoms with Crippen molar-refractivity contribution in [3.63, 3.8) is 0 Å². The molecule has 28 heavy (non-hydrogen) atoms. The van der Waals surface area contributed by atoms with Crippen LogP contribution in [0.1, 0.15) is 12.5 Å². The van der Waals surface area contributed by atoms with Crippen LogP contribution in [0.5, 0.6) is 11.5 Å². The minimum Gasteiger partial charge on any atom is -0.493 e. The summed E-state index contributed by atoms with van der Waals surface area (Å²) in [5.41, 5.74) is 6.04. The molecule has 0 aliphatic carbocycles. The molecule has 0 aliphatic heterocycles. The van der Waals surface area contributed by atoms with Gasteiger partial charge in [0.05, 0.1) is 36.7 Å². The number of fused-ring (bicyclic) bond motifs is 1. The number of methoxy groups -OCH3 is 2. The average Bonchev–Trinajstić information content (AvgIpc) is 3.05. The molecule has 2 aromatic carbocycles. The van der Waals surface area contributed by atoms with E-state index in [0.29, 0.717) is 17.2 Å². The van der Waals surface area contributed by atoms with Crippen molar-refractivity contribution in [3.05, 3.63) is 48.0 Å². The molecule has 0 unspecified atom stereocenters. The monoisotopic (exact) mass is 398 g/mol. The summed E-state index contributed by atoms with van der Waals surface area (Å²) in [6.45, 7) is 1.82. The number of thioether (sulfide) groups is 1. The number of para-hydroxylation sites is 2. The quantitative estimate of drug-likeness (QED) is 0.376. The zero-order valence-electron chi connectivity index (χ0n) is 16.2. The van der Waals surface area contributed by atoms with E-state index in [1.54, 1.807) is 20.3 Å². The van der Waals surface area contributed by atoms with Gasteiger partial charge in [0.1, 0.15) is 0 Å². The number of amides is 1. The summed E-state index contributed by atoms with van der Waals surface area (Å²) >= 11 is 1.37. The lowest BCUT2D eigenvalue weighted by atomic mass is 10.1. The van der Waals surface area contributed by atoms with E-state index in [2.05, 4.69) is 15.5 Å². The minimum atomic E-state index is -0.197. The lowest BCUT2D eigenvalue weighted by Gasteiger charge is -2.09. The summed E-state index contributed by atoms with van der Waals surface area (Å²) in [6.07, 6.45) is 0. The largest absolute Gasteiger partial charge is 0.493 e. The van der Waals surface area contributed by atoms with Gasteiger partial charge in [-0.25, -0.2) is 10.4 Å². The molecule has 1 aromatic heterocycles. The van der Waals surface area contributed by atoms with E-state index in [0.717, 1.165) is 21.8 Å². The molecule has 0 bridgehead atoms. The van der Waals surface area contributed by atoms with Crippen LogP contribution >= 0.6 is 11.8 Å². The number of hydrazone groups is 1. The Morgan fingerprint density at radius 3 is 2.64 bits per heavy atom. The highest BCUT2D eigenvalue weighted by Crippen LogP contribution is 2.27. The highest BCUT2D eigenvalue weighted by atomic mass is 32.2. The maximum Gasteiger partial charge on any atom is 0.250 e. The molecule has 0 spiro atoms. The van der Waals surface area contributed by atoms with Crippen LogP contribution in [0.2, 0.25) is 0 Å². The number of hydrogen-bond acceptors (Lipinski definition) is 6. The van der Waals surface area contributed by atoms with Gasteiger partial charge in [-0.3, -0.25) is 4.79 Å². The molecular weight excluding hydrogens is 376 g/mol. The third-order valence-corrected chi connectivity index (χ3v) is 5.26.